The van der Waals surface area contributed by atoms with E-state index in [0.29, 0.717) is 28.3 Å². The van der Waals surface area contributed by atoms with Gasteiger partial charge in [-0.05, 0) is 67.9 Å². The molecule has 1 heterocycles. The summed E-state index contributed by atoms with van der Waals surface area (Å²) in [5.74, 6) is 0.0829. The molecule has 0 spiro atoms. The predicted octanol–water partition coefficient (Wildman–Crippen LogP) is 5.94. The zero-order valence-corrected chi connectivity index (χ0v) is 24.0. The Kier molecular flexibility index (Phi) is 7.62. The molecule has 0 saturated carbocycles. The van der Waals surface area contributed by atoms with Crippen molar-refractivity contribution in [1.29, 1.82) is 0 Å². The second kappa shape index (κ2) is 11.2. The van der Waals surface area contributed by atoms with Crippen molar-refractivity contribution in [3.8, 4) is 28.4 Å². The molecular weight excluding hydrogens is 537 g/mol. The fourth-order valence-electron chi connectivity index (χ4n) is 5.32. The fraction of sp³-hybridized carbons (Fsp3) is 0.212. The molecule has 42 heavy (non-hydrogen) atoms. The van der Waals surface area contributed by atoms with Gasteiger partial charge in [0.25, 0.3) is 5.91 Å². The van der Waals surface area contributed by atoms with E-state index in [1.807, 2.05) is 50.2 Å². The molecule has 8 nitrogen and oxygen atoms in total. The summed E-state index contributed by atoms with van der Waals surface area (Å²) in [6.45, 7) is 3.66. The normalized spacial score (nSPS) is 14.5. The molecule has 0 aliphatic carbocycles. The zero-order valence-electron chi connectivity index (χ0n) is 24.0. The highest BCUT2D eigenvalue weighted by molar-refractivity contribution is 6.09. The molecule has 1 aliphatic heterocycles. The van der Waals surface area contributed by atoms with Crippen LogP contribution in [-0.4, -0.2) is 38.7 Å². The van der Waals surface area contributed by atoms with E-state index >= 15 is 0 Å². The van der Waals surface area contributed by atoms with Crippen molar-refractivity contribution in [2.75, 3.05) is 31.5 Å². The molecule has 0 radical (unpaired) electrons. The first kappa shape index (κ1) is 28.6. The number of rotatable bonds is 7. The maximum atomic E-state index is 13.4. The van der Waals surface area contributed by atoms with Crippen LogP contribution in [0.5, 0.6) is 17.2 Å². The van der Waals surface area contributed by atoms with Crippen LogP contribution >= 0.6 is 0 Å². The van der Waals surface area contributed by atoms with Crippen LogP contribution in [0.3, 0.4) is 0 Å². The minimum atomic E-state index is -0.817. The third-order valence-electron chi connectivity index (χ3n) is 7.38. The van der Waals surface area contributed by atoms with Crippen LogP contribution in [0.1, 0.15) is 41.4 Å². The van der Waals surface area contributed by atoms with Gasteiger partial charge in [0, 0.05) is 29.8 Å². The molecule has 1 aliphatic rings. The number of fused-ring (bicyclic) bond motifs is 1. The van der Waals surface area contributed by atoms with E-state index in [0.717, 1.165) is 16.8 Å². The molecule has 216 valence electrons. The lowest BCUT2D eigenvalue weighted by Gasteiger charge is -2.40. The summed E-state index contributed by atoms with van der Waals surface area (Å²) in [4.78, 5) is 27.7. The summed E-state index contributed by atoms with van der Waals surface area (Å²) in [6, 6.07) is 20.8. The molecule has 1 amide bonds. The lowest BCUT2D eigenvalue weighted by atomic mass is 9.86. The van der Waals surface area contributed by atoms with Gasteiger partial charge >= 0.3 is 5.97 Å². The molecule has 4 aromatic carbocycles. The molecule has 4 aromatic rings. The number of carbonyl (C=O) groups excluding carboxylic acids is 2. The molecule has 3 N–H and O–H groups in total. The van der Waals surface area contributed by atoms with E-state index in [2.05, 4.69) is 5.32 Å². The summed E-state index contributed by atoms with van der Waals surface area (Å²) in [6.07, 6.45) is 0. The maximum Gasteiger partial charge on any atom is 0.343 e. The van der Waals surface area contributed by atoms with Crippen molar-refractivity contribution in [2.24, 2.45) is 5.73 Å². The fourth-order valence-corrected chi connectivity index (χ4v) is 5.32. The second-order valence-electron chi connectivity index (χ2n) is 10.5. The molecule has 9 heteroatoms. The Morgan fingerprint density at radius 2 is 1.60 bits per heavy atom. The second-order valence-corrected chi connectivity index (χ2v) is 10.5. The van der Waals surface area contributed by atoms with Crippen LogP contribution < -0.4 is 30.2 Å². The average molecular weight is 570 g/mol. The Hall–Kier alpha value is -4.89. The summed E-state index contributed by atoms with van der Waals surface area (Å²) in [5.41, 5.74) is 10.6. The molecule has 5 rings (SSSR count). The minimum Gasteiger partial charge on any atom is -0.496 e. The van der Waals surface area contributed by atoms with E-state index in [1.165, 1.54) is 31.4 Å². The molecular formula is C33H32FN3O5. The van der Waals surface area contributed by atoms with Gasteiger partial charge in [0.15, 0.2) is 0 Å². The smallest absolute Gasteiger partial charge is 0.343 e. The first-order valence-corrected chi connectivity index (χ1v) is 13.3. The number of benzene rings is 4. The van der Waals surface area contributed by atoms with E-state index < -0.39 is 23.4 Å². The molecule has 0 aromatic heterocycles. The van der Waals surface area contributed by atoms with Gasteiger partial charge in [-0.1, -0.05) is 24.3 Å². The van der Waals surface area contributed by atoms with Crippen molar-refractivity contribution in [3.63, 3.8) is 0 Å². The van der Waals surface area contributed by atoms with E-state index in [-0.39, 0.29) is 17.2 Å². The van der Waals surface area contributed by atoms with Gasteiger partial charge in [0.05, 0.1) is 37.2 Å². The number of nitrogens with one attached hydrogen (secondary N) is 1. The third-order valence-corrected chi connectivity index (χ3v) is 7.38. The number of amides is 1. The predicted molar refractivity (Wildman–Crippen MR) is 160 cm³/mol. The summed E-state index contributed by atoms with van der Waals surface area (Å²) in [5, 5.41) is 3.36. The number of carbonyl (C=O) groups is 2. The van der Waals surface area contributed by atoms with Gasteiger partial charge in [-0.25, -0.2) is 9.18 Å². The van der Waals surface area contributed by atoms with E-state index in [1.54, 1.807) is 37.3 Å². The summed E-state index contributed by atoms with van der Waals surface area (Å²) >= 11 is 0. The van der Waals surface area contributed by atoms with Gasteiger partial charge in [-0.3, -0.25) is 4.79 Å². The van der Waals surface area contributed by atoms with E-state index in [4.69, 9.17) is 19.9 Å². The van der Waals surface area contributed by atoms with E-state index in [9.17, 15) is 14.0 Å². The molecule has 0 saturated heterocycles. The number of hydrogen-bond acceptors (Lipinski definition) is 7. The number of nitrogens with two attached hydrogens (primary N) is 1. The number of hydrogen-bond donors (Lipinski definition) is 2. The number of halogens is 1. The Morgan fingerprint density at radius 1 is 0.929 bits per heavy atom. The van der Waals surface area contributed by atoms with Gasteiger partial charge < -0.3 is 30.2 Å². The van der Waals surface area contributed by atoms with Crippen LogP contribution in [0, 0.1) is 5.82 Å². The number of likely N-dealkylation sites (N-methyl/N-ethyl adjacent to an activating group) is 1. The monoisotopic (exact) mass is 569 g/mol. The summed E-state index contributed by atoms with van der Waals surface area (Å²) < 4.78 is 30.2. The number of anilines is 2. The van der Waals surface area contributed by atoms with Crippen LogP contribution in [-0.2, 0) is 4.79 Å². The first-order chi connectivity index (χ1) is 20.1. The average Bonchev–Trinajstić information content (AvgIpc) is 2.99. The number of methoxy groups -OCH3 is 2. The summed E-state index contributed by atoms with van der Waals surface area (Å²) in [7, 11) is 4.84. The Morgan fingerprint density at radius 3 is 2.29 bits per heavy atom. The van der Waals surface area contributed by atoms with Crippen molar-refractivity contribution in [3.05, 3.63) is 101 Å². The number of nitrogens with zero attached hydrogens (tertiary/aromatic N) is 1. The van der Waals surface area contributed by atoms with Crippen molar-refractivity contribution in [1.82, 2.24) is 0 Å². The third kappa shape index (κ3) is 5.14. The van der Waals surface area contributed by atoms with Crippen molar-refractivity contribution in [2.45, 2.75) is 25.4 Å². The largest absolute Gasteiger partial charge is 0.496 e. The Balaban J connectivity index is 1.65. The lowest BCUT2D eigenvalue weighted by Crippen LogP contribution is -2.52. The van der Waals surface area contributed by atoms with Crippen LogP contribution in [0.15, 0.2) is 78.9 Å². The van der Waals surface area contributed by atoms with Crippen LogP contribution in [0.4, 0.5) is 15.8 Å². The molecule has 0 bridgehead atoms. The molecule has 1 atom stereocenters. The first-order valence-electron chi connectivity index (χ1n) is 13.3. The van der Waals surface area contributed by atoms with Crippen molar-refractivity contribution < 1.29 is 28.2 Å². The highest BCUT2D eigenvalue weighted by Crippen LogP contribution is 2.48. The van der Waals surface area contributed by atoms with Crippen LogP contribution in [0.25, 0.3) is 11.1 Å². The van der Waals surface area contributed by atoms with Crippen molar-refractivity contribution >= 4 is 23.3 Å². The van der Waals surface area contributed by atoms with Gasteiger partial charge in [-0.2, -0.15) is 0 Å². The van der Waals surface area contributed by atoms with Gasteiger partial charge in [0.1, 0.15) is 28.6 Å². The number of ether oxygens (including phenoxy) is 3. The Bertz CT molecular complexity index is 1670. The Labute approximate surface area is 243 Å². The van der Waals surface area contributed by atoms with Crippen LogP contribution in [0.2, 0.25) is 0 Å². The number of esters is 1. The standard InChI is InChI=1S/C33H32FN3O5/c1-33(2)32(39)37(3)30-25(36-33)17-16-23(28(30)29(35)24-8-6-7-9-26(24)40-4)22-15-14-21(18-27(22)41-5)42-31(38)19-10-12-20(34)13-11-19/h6-18,29,36H,35H2,1-5H3. The molecule has 1 unspecified atom stereocenters. The highest BCUT2D eigenvalue weighted by Gasteiger charge is 2.40. The van der Waals surface area contributed by atoms with Gasteiger partial charge in [0.2, 0.25) is 0 Å². The quantitative estimate of drug-likeness (QED) is 0.210. The SMILES string of the molecule is COc1cc(OC(=O)c2ccc(F)cc2)ccc1-c1ccc2c(c1C(N)c1ccccc1OC)N(C)C(=O)C(C)(C)N2. The zero-order chi connectivity index (χ0) is 30.2. The van der Waals surface area contributed by atoms with Gasteiger partial charge in [-0.15, -0.1) is 0 Å². The lowest BCUT2D eigenvalue weighted by molar-refractivity contribution is -0.121. The molecule has 0 fully saturated rings. The minimum absolute atomic E-state index is 0.115. The highest BCUT2D eigenvalue weighted by atomic mass is 19.1. The topological polar surface area (TPSA) is 103 Å². The maximum absolute atomic E-state index is 13.4. The number of para-hydroxylation sites is 1.